The van der Waals surface area contributed by atoms with Crippen LogP contribution in [-0.2, 0) is 4.74 Å². The summed E-state index contributed by atoms with van der Waals surface area (Å²) in [4.78, 5) is 17.4. The minimum Gasteiger partial charge on any atom is -0.465 e. The number of carbonyl (C=O) groups is 1. The summed E-state index contributed by atoms with van der Waals surface area (Å²) in [5.74, 6) is -0.508. The average Bonchev–Trinajstić information content (AvgIpc) is 2.26. The van der Waals surface area contributed by atoms with Gasteiger partial charge in [-0.15, -0.1) is 0 Å². The highest BCUT2D eigenvalue weighted by molar-refractivity contribution is 5.92. The Morgan fingerprint density at radius 3 is 2.43 bits per heavy atom. The molecule has 0 amide bonds. The summed E-state index contributed by atoms with van der Waals surface area (Å²) in [5.41, 5.74) is 0.696. The number of rotatable bonds is 1. The topological polar surface area (TPSA) is 35.0 Å². The number of carbonyl (C=O) groups excluding carboxylic acids is 1. The van der Waals surface area contributed by atoms with E-state index in [-0.39, 0.29) is 16.9 Å². The maximum absolute atomic E-state index is 11.1. The standard InChI is InChI=1S/C10H6N2O2/c1-11-8-5-4-7(10(13)14-3)6-9(8)12-2/h4-6H,3H3. The summed E-state index contributed by atoms with van der Waals surface area (Å²) in [6, 6.07) is 4.26. The zero-order valence-corrected chi connectivity index (χ0v) is 7.44. The van der Waals surface area contributed by atoms with Gasteiger partial charge in [0, 0.05) is 5.56 Å². The Morgan fingerprint density at radius 1 is 1.29 bits per heavy atom. The van der Waals surface area contributed by atoms with Gasteiger partial charge in [0.2, 0.25) is 0 Å². The zero-order chi connectivity index (χ0) is 10.6. The maximum atomic E-state index is 11.1. The average molecular weight is 186 g/mol. The lowest BCUT2D eigenvalue weighted by Crippen LogP contribution is -1.99. The number of hydrogen-bond acceptors (Lipinski definition) is 2. The third kappa shape index (κ3) is 1.70. The Bertz CT molecular complexity index is 452. The number of esters is 1. The van der Waals surface area contributed by atoms with Gasteiger partial charge in [0.15, 0.2) is 11.4 Å². The highest BCUT2D eigenvalue weighted by Crippen LogP contribution is 2.29. The molecule has 0 radical (unpaired) electrons. The van der Waals surface area contributed by atoms with Crippen LogP contribution >= 0.6 is 0 Å². The second-order valence-corrected chi connectivity index (χ2v) is 2.42. The van der Waals surface area contributed by atoms with Crippen LogP contribution in [0.2, 0.25) is 0 Å². The molecule has 0 atom stereocenters. The predicted molar refractivity (Wildman–Crippen MR) is 50.3 cm³/mol. The zero-order valence-electron chi connectivity index (χ0n) is 7.44. The Kier molecular flexibility index (Phi) is 2.83. The molecule has 4 nitrogen and oxygen atoms in total. The Hall–Kier alpha value is -2.33. The van der Waals surface area contributed by atoms with Crippen LogP contribution in [0.15, 0.2) is 18.2 Å². The number of methoxy groups -OCH3 is 1. The summed E-state index contributed by atoms with van der Waals surface area (Å²) >= 11 is 0. The van der Waals surface area contributed by atoms with Gasteiger partial charge in [-0.05, 0) is 0 Å². The second-order valence-electron chi connectivity index (χ2n) is 2.42. The molecule has 0 spiro atoms. The molecule has 0 bridgehead atoms. The van der Waals surface area contributed by atoms with Crippen LogP contribution in [0.3, 0.4) is 0 Å². The Balaban J connectivity index is 3.24. The summed E-state index contributed by atoms with van der Waals surface area (Å²) in [6.45, 7) is 13.6. The maximum Gasteiger partial charge on any atom is 0.336 e. The van der Waals surface area contributed by atoms with Crippen LogP contribution in [0.1, 0.15) is 10.4 Å². The van der Waals surface area contributed by atoms with Crippen molar-refractivity contribution in [3.63, 3.8) is 0 Å². The van der Waals surface area contributed by atoms with E-state index < -0.39 is 5.97 Å². The molecule has 14 heavy (non-hydrogen) atoms. The molecule has 1 aromatic carbocycles. The summed E-state index contributed by atoms with van der Waals surface area (Å²) < 4.78 is 4.49. The molecule has 0 aliphatic rings. The van der Waals surface area contributed by atoms with Crippen molar-refractivity contribution < 1.29 is 9.53 Å². The van der Waals surface area contributed by atoms with Crippen molar-refractivity contribution in [3.8, 4) is 0 Å². The van der Waals surface area contributed by atoms with Crippen LogP contribution < -0.4 is 0 Å². The molecule has 0 saturated heterocycles. The van der Waals surface area contributed by atoms with E-state index in [4.69, 9.17) is 13.1 Å². The van der Waals surface area contributed by atoms with E-state index in [1.54, 1.807) is 0 Å². The lowest BCUT2D eigenvalue weighted by molar-refractivity contribution is 0.0601. The second kappa shape index (κ2) is 4.06. The van der Waals surface area contributed by atoms with E-state index >= 15 is 0 Å². The van der Waals surface area contributed by atoms with Crippen LogP contribution in [0, 0.1) is 13.1 Å². The largest absolute Gasteiger partial charge is 0.465 e. The third-order valence-electron chi connectivity index (χ3n) is 1.64. The first-order chi connectivity index (χ1) is 6.72. The molecule has 0 aliphatic carbocycles. The van der Waals surface area contributed by atoms with Gasteiger partial charge in [0.1, 0.15) is 0 Å². The SMILES string of the molecule is [C-]#[N+]c1ccc(C(=O)OC)cc1[N+]#[C-]. The number of hydrogen-bond donors (Lipinski definition) is 0. The fraction of sp³-hybridized carbons (Fsp3) is 0.100. The van der Waals surface area contributed by atoms with E-state index in [9.17, 15) is 4.79 Å². The van der Waals surface area contributed by atoms with Crippen molar-refractivity contribution in [1.82, 2.24) is 0 Å². The fourth-order valence-corrected chi connectivity index (χ4v) is 0.952. The highest BCUT2D eigenvalue weighted by Gasteiger charge is 2.09. The number of benzene rings is 1. The Morgan fingerprint density at radius 2 is 1.93 bits per heavy atom. The van der Waals surface area contributed by atoms with Gasteiger partial charge in [0.25, 0.3) is 0 Å². The lowest BCUT2D eigenvalue weighted by atomic mass is 10.2. The normalized spacial score (nSPS) is 8.50. The molecule has 68 valence electrons. The van der Waals surface area contributed by atoms with Gasteiger partial charge >= 0.3 is 5.97 Å². The first-order valence-corrected chi connectivity index (χ1v) is 3.70. The summed E-state index contributed by atoms with van der Waals surface area (Å²) in [7, 11) is 1.27. The Labute approximate surface area is 81.4 Å². The molecule has 0 unspecified atom stereocenters. The molecule has 0 N–H and O–H groups in total. The monoisotopic (exact) mass is 186 g/mol. The fourth-order valence-electron chi connectivity index (χ4n) is 0.952. The van der Waals surface area contributed by atoms with Crippen LogP contribution in [0.25, 0.3) is 9.69 Å². The minimum atomic E-state index is -0.508. The molecule has 1 rings (SSSR count). The van der Waals surface area contributed by atoms with Crippen LogP contribution in [-0.4, -0.2) is 13.1 Å². The third-order valence-corrected chi connectivity index (χ3v) is 1.64. The molecule has 0 heterocycles. The van der Waals surface area contributed by atoms with Crippen molar-refractivity contribution in [2.75, 3.05) is 7.11 Å². The molecule has 0 saturated carbocycles. The van der Waals surface area contributed by atoms with E-state index in [1.807, 2.05) is 0 Å². The molecular weight excluding hydrogens is 180 g/mol. The van der Waals surface area contributed by atoms with Gasteiger partial charge in [0.05, 0.1) is 20.3 Å². The number of nitrogens with zero attached hydrogens (tertiary/aromatic N) is 2. The highest BCUT2D eigenvalue weighted by atomic mass is 16.5. The summed E-state index contributed by atoms with van der Waals surface area (Å²) in [6.07, 6.45) is 0. The van der Waals surface area contributed by atoms with Gasteiger partial charge in [-0.25, -0.2) is 4.79 Å². The molecule has 0 fully saturated rings. The lowest BCUT2D eigenvalue weighted by Gasteiger charge is -2.00. The van der Waals surface area contributed by atoms with E-state index in [2.05, 4.69) is 14.4 Å². The quantitative estimate of drug-likeness (QED) is 0.499. The van der Waals surface area contributed by atoms with Gasteiger partial charge in [-0.3, -0.25) is 9.69 Å². The van der Waals surface area contributed by atoms with E-state index in [1.165, 1.54) is 25.3 Å². The van der Waals surface area contributed by atoms with Gasteiger partial charge in [-0.2, -0.15) is 0 Å². The predicted octanol–water partition coefficient (Wildman–Crippen LogP) is 2.57. The molecule has 4 heteroatoms. The van der Waals surface area contributed by atoms with Crippen molar-refractivity contribution >= 4 is 17.3 Å². The van der Waals surface area contributed by atoms with Gasteiger partial charge < -0.3 is 4.74 Å². The van der Waals surface area contributed by atoms with E-state index in [0.717, 1.165) is 0 Å². The van der Waals surface area contributed by atoms with Crippen molar-refractivity contribution in [2.24, 2.45) is 0 Å². The number of ether oxygens (including phenoxy) is 1. The van der Waals surface area contributed by atoms with Crippen LogP contribution in [0.5, 0.6) is 0 Å². The van der Waals surface area contributed by atoms with Crippen LogP contribution in [0.4, 0.5) is 11.4 Å². The molecule has 0 aromatic heterocycles. The first kappa shape index (κ1) is 9.76. The van der Waals surface area contributed by atoms with Crippen molar-refractivity contribution in [2.45, 2.75) is 0 Å². The first-order valence-electron chi connectivity index (χ1n) is 3.70. The molecule has 0 aliphatic heterocycles. The van der Waals surface area contributed by atoms with Gasteiger partial charge in [-0.1, -0.05) is 18.2 Å². The van der Waals surface area contributed by atoms with Crippen molar-refractivity contribution in [3.05, 3.63) is 46.6 Å². The molecular formula is C10H6N2O2. The van der Waals surface area contributed by atoms with E-state index in [0.29, 0.717) is 0 Å². The van der Waals surface area contributed by atoms with Crippen molar-refractivity contribution in [1.29, 1.82) is 0 Å². The summed E-state index contributed by atoms with van der Waals surface area (Å²) in [5, 5.41) is 0. The minimum absolute atomic E-state index is 0.169. The molecule has 1 aromatic rings. The smallest absolute Gasteiger partial charge is 0.336 e.